The Labute approximate surface area is 108 Å². The van der Waals surface area contributed by atoms with Crippen molar-refractivity contribution in [2.45, 2.75) is 66.5 Å². The minimum Gasteiger partial charge on any atom is -0.314 e. The van der Waals surface area contributed by atoms with Crippen molar-refractivity contribution < 1.29 is 0 Å². The van der Waals surface area contributed by atoms with E-state index in [0.717, 1.165) is 12.0 Å². The topological polar surface area (TPSA) is 15.3 Å². The van der Waals surface area contributed by atoms with E-state index in [9.17, 15) is 0 Å². The van der Waals surface area contributed by atoms with E-state index in [1.165, 1.54) is 32.5 Å². The number of piperidine rings is 1. The molecule has 17 heavy (non-hydrogen) atoms. The summed E-state index contributed by atoms with van der Waals surface area (Å²) in [6, 6.07) is 1.41. The van der Waals surface area contributed by atoms with Crippen LogP contribution in [0.25, 0.3) is 0 Å². The molecule has 2 nitrogen and oxygen atoms in total. The Balaban J connectivity index is 2.46. The molecular weight excluding hydrogens is 208 g/mol. The van der Waals surface area contributed by atoms with Gasteiger partial charge in [0.2, 0.25) is 0 Å². The summed E-state index contributed by atoms with van der Waals surface area (Å²) in [6.07, 6.45) is 2.55. The molecule has 1 rings (SSSR count). The fourth-order valence-electron chi connectivity index (χ4n) is 2.71. The molecule has 1 heterocycles. The molecule has 1 fully saturated rings. The Morgan fingerprint density at radius 1 is 1.35 bits per heavy atom. The second-order valence-corrected chi connectivity index (χ2v) is 6.86. The van der Waals surface area contributed by atoms with Crippen molar-refractivity contribution in [3.8, 4) is 0 Å². The average Bonchev–Trinajstić information content (AvgIpc) is 2.25. The number of hydrogen-bond donors (Lipinski definition) is 1. The van der Waals surface area contributed by atoms with E-state index in [4.69, 9.17) is 0 Å². The zero-order valence-electron chi connectivity index (χ0n) is 12.7. The first-order chi connectivity index (χ1) is 7.86. The molecular formula is C15H32N2. The lowest BCUT2D eigenvalue weighted by atomic mass is 9.84. The molecule has 1 saturated heterocycles. The van der Waals surface area contributed by atoms with Gasteiger partial charge >= 0.3 is 0 Å². The highest BCUT2D eigenvalue weighted by molar-refractivity contribution is 4.88. The average molecular weight is 240 g/mol. The van der Waals surface area contributed by atoms with Crippen LogP contribution in [0.1, 0.15) is 54.4 Å². The molecule has 102 valence electrons. The molecule has 1 aliphatic rings. The van der Waals surface area contributed by atoms with Gasteiger partial charge in [-0.15, -0.1) is 0 Å². The monoisotopic (exact) mass is 240 g/mol. The highest BCUT2D eigenvalue weighted by atomic mass is 15.2. The van der Waals surface area contributed by atoms with Crippen molar-refractivity contribution >= 4 is 0 Å². The molecule has 0 radical (unpaired) electrons. The lowest BCUT2D eigenvalue weighted by Gasteiger charge is -2.44. The third-order valence-corrected chi connectivity index (χ3v) is 4.39. The van der Waals surface area contributed by atoms with Gasteiger partial charge in [-0.2, -0.15) is 0 Å². The van der Waals surface area contributed by atoms with Gasteiger partial charge in [-0.1, -0.05) is 34.6 Å². The van der Waals surface area contributed by atoms with Gasteiger partial charge in [0.1, 0.15) is 0 Å². The summed E-state index contributed by atoms with van der Waals surface area (Å²) in [5, 5.41) is 3.69. The molecule has 0 aromatic rings. The predicted octanol–water partition coefficient (Wildman–Crippen LogP) is 3.13. The maximum Gasteiger partial charge on any atom is 0.0117 e. The molecule has 0 amide bonds. The summed E-state index contributed by atoms with van der Waals surface area (Å²) in [4.78, 5) is 2.68. The highest BCUT2D eigenvalue weighted by Gasteiger charge is 2.32. The second-order valence-electron chi connectivity index (χ2n) is 6.86. The van der Waals surface area contributed by atoms with Crippen LogP contribution in [-0.4, -0.2) is 36.6 Å². The van der Waals surface area contributed by atoms with Crippen LogP contribution in [0.3, 0.4) is 0 Å². The zero-order valence-corrected chi connectivity index (χ0v) is 12.7. The zero-order chi connectivity index (χ0) is 13.1. The van der Waals surface area contributed by atoms with Crippen LogP contribution in [0.15, 0.2) is 0 Å². The van der Waals surface area contributed by atoms with Gasteiger partial charge in [-0.05, 0) is 44.2 Å². The smallest absolute Gasteiger partial charge is 0.0117 e. The summed E-state index contributed by atoms with van der Waals surface area (Å²) >= 11 is 0. The molecule has 0 aromatic heterocycles. The molecule has 0 bridgehead atoms. The van der Waals surface area contributed by atoms with Crippen LogP contribution in [0.4, 0.5) is 0 Å². The van der Waals surface area contributed by atoms with E-state index >= 15 is 0 Å². The SMILES string of the molecule is CCCNC1CCN(C(C)C(C)(C)C)CC1C. The summed E-state index contributed by atoms with van der Waals surface area (Å²) in [6.45, 7) is 17.8. The van der Waals surface area contributed by atoms with Crippen molar-refractivity contribution in [2.75, 3.05) is 19.6 Å². The Morgan fingerprint density at radius 3 is 2.47 bits per heavy atom. The number of nitrogens with zero attached hydrogens (tertiary/aromatic N) is 1. The van der Waals surface area contributed by atoms with E-state index in [0.29, 0.717) is 11.5 Å². The summed E-state index contributed by atoms with van der Waals surface area (Å²) in [7, 11) is 0. The number of likely N-dealkylation sites (tertiary alicyclic amines) is 1. The first kappa shape index (κ1) is 15.0. The molecule has 0 spiro atoms. The van der Waals surface area contributed by atoms with Crippen LogP contribution < -0.4 is 5.32 Å². The Bertz CT molecular complexity index is 219. The standard InChI is InChI=1S/C15H32N2/c1-7-9-16-14-8-10-17(11-12(14)2)13(3)15(4,5)6/h12-14,16H,7-11H2,1-6H3. The van der Waals surface area contributed by atoms with Gasteiger partial charge < -0.3 is 5.32 Å². The quantitative estimate of drug-likeness (QED) is 0.812. The predicted molar refractivity (Wildman–Crippen MR) is 76.4 cm³/mol. The van der Waals surface area contributed by atoms with Crippen LogP contribution in [-0.2, 0) is 0 Å². The molecule has 0 aliphatic carbocycles. The van der Waals surface area contributed by atoms with Gasteiger partial charge in [0, 0.05) is 18.6 Å². The fourth-order valence-corrected chi connectivity index (χ4v) is 2.71. The highest BCUT2D eigenvalue weighted by Crippen LogP contribution is 2.28. The largest absolute Gasteiger partial charge is 0.314 e. The third-order valence-electron chi connectivity index (χ3n) is 4.39. The van der Waals surface area contributed by atoms with E-state index in [-0.39, 0.29) is 0 Å². The first-order valence-corrected chi connectivity index (χ1v) is 7.33. The van der Waals surface area contributed by atoms with Crippen LogP contribution in [0.2, 0.25) is 0 Å². The number of hydrogen-bond acceptors (Lipinski definition) is 2. The molecule has 0 aromatic carbocycles. The van der Waals surface area contributed by atoms with Gasteiger partial charge in [0.15, 0.2) is 0 Å². The summed E-state index contributed by atoms with van der Waals surface area (Å²) < 4.78 is 0. The second kappa shape index (κ2) is 6.19. The number of nitrogens with one attached hydrogen (secondary N) is 1. The molecule has 1 aliphatic heterocycles. The lowest BCUT2D eigenvalue weighted by Crippen LogP contribution is -2.53. The number of rotatable bonds is 4. The van der Waals surface area contributed by atoms with Crippen molar-refractivity contribution in [2.24, 2.45) is 11.3 Å². The van der Waals surface area contributed by atoms with E-state index < -0.39 is 0 Å². The molecule has 1 N–H and O–H groups in total. The van der Waals surface area contributed by atoms with Crippen molar-refractivity contribution in [1.29, 1.82) is 0 Å². The normalized spacial score (nSPS) is 29.3. The van der Waals surface area contributed by atoms with Crippen molar-refractivity contribution in [3.63, 3.8) is 0 Å². The Morgan fingerprint density at radius 2 is 2.00 bits per heavy atom. The molecule has 2 heteroatoms. The van der Waals surface area contributed by atoms with Gasteiger partial charge in [0.05, 0.1) is 0 Å². The Hall–Kier alpha value is -0.0800. The minimum atomic E-state index is 0.392. The van der Waals surface area contributed by atoms with Crippen LogP contribution in [0, 0.1) is 11.3 Å². The van der Waals surface area contributed by atoms with Gasteiger partial charge in [0.25, 0.3) is 0 Å². The summed E-state index contributed by atoms with van der Waals surface area (Å²) in [5.74, 6) is 0.778. The molecule has 0 saturated carbocycles. The van der Waals surface area contributed by atoms with E-state index in [2.05, 4.69) is 51.8 Å². The van der Waals surface area contributed by atoms with Crippen LogP contribution in [0.5, 0.6) is 0 Å². The van der Waals surface area contributed by atoms with E-state index in [1.54, 1.807) is 0 Å². The maximum absolute atomic E-state index is 3.69. The Kier molecular flexibility index (Phi) is 5.46. The van der Waals surface area contributed by atoms with Crippen molar-refractivity contribution in [1.82, 2.24) is 10.2 Å². The molecule has 3 unspecified atom stereocenters. The van der Waals surface area contributed by atoms with Gasteiger partial charge in [-0.3, -0.25) is 4.90 Å². The lowest BCUT2D eigenvalue weighted by molar-refractivity contribution is 0.0571. The minimum absolute atomic E-state index is 0.392. The van der Waals surface area contributed by atoms with Crippen LogP contribution >= 0.6 is 0 Å². The first-order valence-electron chi connectivity index (χ1n) is 7.33. The van der Waals surface area contributed by atoms with E-state index in [1.807, 2.05) is 0 Å². The summed E-state index contributed by atoms with van der Waals surface area (Å²) in [5.41, 5.74) is 0.392. The third kappa shape index (κ3) is 4.26. The maximum atomic E-state index is 3.69. The molecule has 3 atom stereocenters. The fraction of sp³-hybridized carbons (Fsp3) is 1.00. The van der Waals surface area contributed by atoms with Gasteiger partial charge in [-0.25, -0.2) is 0 Å². The van der Waals surface area contributed by atoms with Crippen molar-refractivity contribution in [3.05, 3.63) is 0 Å².